The van der Waals surface area contributed by atoms with Crippen LogP contribution in [0.4, 0.5) is 4.39 Å². The van der Waals surface area contributed by atoms with Crippen molar-refractivity contribution in [1.29, 1.82) is 0 Å². The third-order valence-electron chi connectivity index (χ3n) is 8.82. The Labute approximate surface area is 169 Å². The summed E-state index contributed by atoms with van der Waals surface area (Å²) in [5.74, 6) is -2.89. The van der Waals surface area contributed by atoms with E-state index in [0.29, 0.717) is 6.42 Å². The molecule has 7 heteroatoms. The second-order valence-electron chi connectivity index (χ2n) is 9.89. The Balaban J connectivity index is 1.87. The second-order valence-corrected chi connectivity index (χ2v) is 9.89. The number of carbonyl (C=O) groups is 2. The van der Waals surface area contributed by atoms with Gasteiger partial charge in [0, 0.05) is 16.7 Å². The molecule has 0 aromatic carbocycles. The van der Waals surface area contributed by atoms with Crippen LogP contribution in [-0.2, 0) is 9.59 Å². The van der Waals surface area contributed by atoms with Crippen molar-refractivity contribution in [3.05, 3.63) is 23.8 Å². The molecule has 0 radical (unpaired) electrons. The number of Topliss-reactive ketones (excluding diaryl/α,β-unsaturated/α-hetero) is 1. The lowest BCUT2D eigenvalue weighted by Gasteiger charge is -2.63. The molecule has 4 N–H and O–H groups in total. The Morgan fingerprint density at radius 2 is 1.90 bits per heavy atom. The summed E-state index contributed by atoms with van der Waals surface area (Å²) >= 11 is 0. The summed E-state index contributed by atoms with van der Waals surface area (Å²) < 4.78 is 16.9. The van der Waals surface area contributed by atoms with E-state index in [1.54, 1.807) is 20.8 Å². The third-order valence-corrected chi connectivity index (χ3v) is 8.82. The summed E-state index contributed by atoms with van der Waals surface area (Å²) in [5, 5.41) is 42.8. The standard InChI is InChI=1S/C22H29FO6/c1-11-6-13-14-8-16(26)15-7-12(25)4-5-19(15,2)21(14,23)17(27)9-20(13,3)22(11,29)18(28)10-24/h4-5,7,11,13-14,16-17,24,26-27,29H,6,8-10H2,1-3H3/t11-,13-,14-,16+,17-,19-,20-,21-,22-/m0/s1. The lowest BCUT2D eigenvalue weighted by atomic mass is 9.44. The van der Waals surface area contributed by atoms with Crippen molar-refractivity contribution < 1.29 is 34.4 Å². The SMILES string of the molecule is C[C@H]1C[C@H]2[C@@H]3C[C@@H](O)C4=CC(=O)C=C[C@]4(C)[C@@]3(F)[C@@H](O)C[C@]2(C)[C@@]1(O)C(=O)CO. The number of aliphatic hydroxyl groups excluding tert-OH is 3. The molecule has 0 bridgehead atoms. The molecular formula is C22H29FO6. The van der Waals surface area contributed by atoms with Crippen LogP contribution in [0.5, 0.6) is 0 Å². The van der Waals surface area contributed by atoms with E-state index in [1.807, 2.05) is 0 Å². The zero-order valence-corrected chi connectivity index (χ0v) is 16.9. The van der Waals surface area contributed by atoms with Crippen LogP contribution in [0.2, 0.25) is 0 Å². The molecule has 6 nitrogen and oxygen atoms in total. The van der Waals surface area contributed by atoms with Crippen molar-refractivity contribution in [3.8, 4) is 0 Å². The highest BCUT2D eigenvalue weighted by Crippen LogP contribution is 2.70. The Bertz CT molecular complexity index is 837. The minimum absolute atomic E-state index is 0.00746. The first kappa shape index (κ1) is 20.8. The molecule has 3 fully saturated rings. The van der Waals surface area contributed by atoms with Crippen molar-refractivity contribution in [1.82, 2.24) is 0 Å². The summed E-state index contributed by atoms with van der Waals surface area (Å²) in [4.78, 5) is 24.4. The highest BCUT2D eigenvalue weighted by Gasteiger charge is 2.76. The average Bonchev–Trinajstić information content (AvgIpc) is 2.86. The molecule has 3 saturated carbocycles. The molecule has 0 aromatic heterocycles. The van der Waals surface area contributed by atoms with Crippen molar-refractivity contribution in [2.45, 2.75) is 63.5 Å². The molecule has 0 spiro atoms. The van der Waals surface area contributed by atoms with Gasteiger partial charge in [-0.3, -0.25) is 9.59 Å². The van der Waals surface area contributed by atoms with Crippen LogP contribution < -0.4 is 0 Å². The van der Waals surface area contributed by atoms with E-state index in [0.717, 1.165) is 0 Å². The van der Waals surface area contributed by atoms with Gasteiger partial charge < -0.3 is 20.4 Å². The lowest BCUT2D eigenvalue weighted by molar-refractivity contribution is -0.226. The van der Waals surface area contributed by atoms with Crippen molar-refractivity contribution >= 4 is 11.6 Å². The Morgan fingerprint density at radius 3 is 2.52 bits per heavy atom. The Kier molecular flexibility index (Phi) is 4.36. The van der Waals surface area contributed by atoms with E-state index in [-0.39, 0.29) is 24.2 Å². The van der Waals surface area contributed by atoms with Crippen LogP contribution in [0.15, 0.2) is 23.8 Å². The fourth-order valence-electron chi connectivity index (χ4n) is 7.30. The molecule has 0 saturated heterocycles. The van der Waals surface area contributed by atoms with Gasteiger partial charge in [-0.1, -0.05) is 19.9 Å². The highest BCUT2D eigenvalue weighted by molar-refractivity contribution is 6.01. The monoisotopic (exact) mass is 408 g/mol. The number of rotatable bonds is 2. The van der Waals surface area contributed by atoms with Gasteiger partial charge in [0.05, 0.1) is 12.2 Å². The first-order valence-electron chi connectivity index (χ1n) is 10.2. The molecule has 4 rings (SSSR count). The molecule has 9 atom stereocenters. The van der Waals surface area contributed by atoms with Crippen molar-refractivity contribution in [3.63, 3.8) is 0 Å². The summed E-state index contributed by atoms with van der Waals surface area (Å²) in [5.41, 5.74) is -6.28. The predicted octanol–water partition coefficient (Wildman–Crippen LogP) is 0.866. The van der Waals surface area contributed by atoms with Gasteiger partial charge in [-0.2, -0.15) is 0 Å². The fourth-order valence-corrected chi connectivity index (χ4v) is 7.30. The molecule has 0 aliphatic heterocycles. The predicted molar refractivity (Wildman–Crippen MR) is 101 cm³/mol. The number of halogens is 1. The van der Waals surface area contributed by atoms with Crippen LogP contribution in [-0.4, -0.2) is 62.1 Å². The van der Waals surface area contributed by atoms with E-state index >= 15 is 4.39 Å². The maximum Gasteiger partial charge on any atom is 0.190 e. The largest absolute Gasteiger partial charge is 0.390 e. The van der Waals surface area contributed by atoms with Gasteiger partial charge >= 0.3 is 0 Å². The van der Waals surface area contributed by atoms with Gasteiger partial charge in [-0.15, -0.1) is 0 Å². The Hall–Kier alpha value is -1.41. The summed E-state index contributed by atoms with van der Waals surface area (Å²) in [6, 6.07) is 0. The maximum absolute atomic E-state index is 16.9. The number of carbonyl (C=O) groups excluding carboxylic acids is 2. The molecule has 4 aliphatic rings. The summed E-state index contributed by atoms with van der Waals surface area (Å²) in [6.45, 7) is 4.14. The molecule has 0 aromatic rings. The van der Waals surface area contributed by atoms with Gasteiger partial charge in [-0.25, -0.2) is 4.39 Å². The number of allylic oxidation sites excluding steroid dienone is 3. The lowest BCUT2D eigenvalue weighted by Crippen LogP contribution is -2.70. The van der Waals surface area contributed by atoms with Crippen LogP contribution in [0.1, 0.15) is 40.0 Å². The van der Waals surface area contributed by atoms with Crippen LogP contribution in [0.3, 0.4) is 0 Å². The average molecular weight is 408 g/mol. The number of fused-ring (bicyclic) bond motifs is 5. The van der Waals surface area contributed by atoms with E-state index in [9.17, 15) is 30.0 Å². The van der Waals surface area contributed by atoms with E-state index < -0.39 is 64.5 Å². The molecule has 4 aliphatic carbocycles. The van der Waals surface area contributed by atoms with Crippen LogP contribution in [0.25, 0.3) is 0 Å². The third kappa shape index (κ3) is 2.19. The quantitative estimate of drug-likeness (QED) is 0.539. The van der Waals surface area contributed by atoms with E-state index in [1.165, 1.54) is 18.2 Å². The summed E-state index contributed by atoms with van der Waals surface area (Å²) in [6.07, 6.45) is 1.56. The van der Waals surface area contributed by atoms with Crippen LogP contribution >= 0.6 is 0 Å². The van der Waals surface area contributed by atoms with Gasteiger partial charge in [0.1, 0.15) is 12.2 Å². The smallest absolute Gasteiger partial charge is 0.190 e. The van der Waals surface area contributed by atoms with E-state index in [4.69, 9.17) is 0 Å². The summed E-state index contributed by atoms with van der Waals surface area (Å²) in [7, 11) is 0. The number of aliphatic hydroxyl groups is 4. The zero-order chi connectivity index (χ0) is 21.6. The van der Waals surface area contributed by atoms with Gasteiger partial charge in [0.15, 0.2) is 17.2 Å². The second kappa shape index (κ2) is 6.06. The first-order valence-corrected chi connectivity index (χ1v) is 10.2. The van der Waals surface area contributed by atoms with Gasteiger partial charge in [0.25, 0.3) is 0 Å². The molecule has 0 unspecified atom stereocenters. The first-order chi connectivity index (χ1) is 13.4. The number of alkyl halides is 1. The number of hydrogen-bond donors (Lipinski definition) is 4. The number of ketones is 2. The number of hydrogen-bond acceptors (Lipinski definition) is 6. The maximum atomic E-state index is 16.9. The molecule has 160 valence electrons. The molecule has 29 heavy (non-hydrogen) atoms. The normalized spacial score (nSPS) is 53.7. The van der Waals surface area contributed by atoms with Crippen molar-refractivity contribution in [2.24, 2.45) is 28.6 Å². The fraction of sp³-hybridized carbons (Fsp3) is 0.727. The minimum atomic E-state index is -2.16. The van der Waals surface area contributed by atoms with Crippen molar-refractivity contribution in [2.75, 3.05) is 6.61 Å². The molecular weight excluding hydrogens is 379 g/mol. The zero-order valence-electron chi connectivity index (χ0n) is 16.9. The van der Waals surface area contributed by atoms with E-state index in [2.05, 4.69) is 0 Å². The van der Waals surface area contributed by atoms with Gasteiger partial charge in [0.2, 0.25) is 0 Å². The minimum Gasteiger partial charge on any atom is -0.390 e. The highest BCUT2D eigenvalue weighted by atomic mass is 19.1. The molecule has 0 heterocycles. The van der Waals surface area contributed by atoms with Gasteiger partial charge in [-0.05, 0) is 55.7 Å². The topological polar surface area (TPSA) is 115 Å². The molecule has 0 amide bonds. The van der Waals surface area contributed by atoms with Crippen LogP contribution in [0, 0.1) is 28.6 Å². The Morgan fingerprint density at radius 1 is 1.24 bits per heavy atom.